The maximum atomic E-state index is 12.0. The van der Waals surface area contributed by atoms with Gasteiger partial charge in [0.05, 0.1) is 5.69 Å². The summed E-state index contributed by atoms with van der Waals surface area (Å²) in [6.07, 6.45) is 3.26. The average Bonchev–Trinajstić information content (AvgIpc) is 2.96. The predicted molar refractivity (Wildman–Crippen MR) is 106 cm³/mol. The van der Waals surface area contributed by atoms with Gasteiger partial charge in [0.25, 0.3) is 0 Å². The van der Waals surface area contributed by atoms with Crippen molar-refractivity contribution in [1.82, 2.24) is 4.98 Å². The van der Waals surface area contributed by atoms with Crippen molar-refractivity contribution >= 4 is 28.5 Å². The summed E-state index contributed by atoms with van der Waals surface area (Å²) in [4.78, 5) is 17.4. The van der Waals surface area contributed by atoms with E-state index in [4.69, 9.17) is 4.74 Å². The van der Waals surface area contributed by atoms with E-state index in [1.54, 1.807) is 6.08 Å². The number of hydrogen-bond acceptors (Lipinski definition) is 4. The van der Waals surface area contributed by atoms with Gasteiger partial charge in [0.15, 0.2) is 5.13 Å². The Morgan fingerprint density at radius 2 is 1.96 bits per heavy atom. The Kier molecular flexibility index (Phi) is 5.81. The number of nitrogens with one attached hydrogen (secondary N) is 1. The number of aromatic nitrogens is 1. The van der Waals surface area contributed by atoms with Gasteiger partial charge in [-0.3, -0.25) is 10.1 Å². The van der Waals surface area contributed by atoms with Gasteiger partial charge in [-0.05, 0) is 43.2 Å². The number of rotatable bonds is 6. The standard InChI is InChI=1S/C21H20N2O2S/c1-15-16(2)26-21(22-15)23-20(24)12-11-17-9-6-10-19(13-17)25-14-18-7-4-3-5-8-18/h3-13H,14H2,1-2H3,(H,22,23,24)/b12-11+. The van der Waals surface area contributed by atoms with E-state index in [-0.39, 0.29) is 5.91 Å². The van der Waals surface area contributed by atoms with Gasteiger partial charge in [-0.15, -0.1) is 11.3 Å². The van der Waals surface area contributed by atoms with E-state index in [1.165, 1.54) is 17.4 Å². The Labute approximate surface area is 157 Å². The van der Waals surface area contributed by atoms with E-state index in [0.29, 0.717) is 11.7 Å². The first-order valence-electron chi connectivity index (χ1n) is 8.30. The smallest absolute Gasteiger partial charge is 0.250 e. The molecule has 0 saturated heterocycles. The van der Waals surface area contributed by atoms with Crippen LogP contribution in [0, 0.1) is 13.8 Å². The topological polar surface area (TPSA) is 51.2 Å². The fraction of sp³-hybridized carbons (Fsp3) is 0.143. The van der Waals surface area contributed by atoms with Crippen LogP contribution in [0.5, 0.6) is 5.75 Å². The number of amides is 1. The van der Waals surface area contributed by atoms with Crippen molar-refractivity contribution in [3.8, 4) is 5.75 Å². The highest BCUT2D eigenvalue weighted by Crippen LogP contribution is 2.21. The Hall–Kier alpha value is -2.92. The lowest BCUT2D eigenvalue weighted by atomic mass is 10.2. The number of carbonyl (C=O) groups excluding carboxylic acids is 1. The summed E-state index contributed by atoms with van der Waals surface area (Å²) in [6.45, 7) is 4.43. The van der Waals surface area contributed by atoms with E-state index >= 15 is 0 Å². The summed E-state index contributed by atoms with van der Waals surface area (Å²) in [5.41, 5.74) is 2.96. The first-order valence-corrected chi connectivity index (χ1v) is 9.12. The molecule has 0 saturated carbocycles. The molecule has 0 radical (unpaired) electrons. The number of thiazole rings is 1. The Balaban J connectivity index is 1.58. The van der Waals surface area contributed by atoms with Crippen molar-refractivity contribution in [1.29, 1.82) is 0 Å². The lowest BCUT2D eigenvalue weighted by Crippen LogP contribution is -2.07. The molecule has 1 amide bonds. The molecule has 0 atom stereocenters. The van der Waals surface area contributed by atoms with Crippen molar-refractivity contribution < 1.29 is 9.53 Å². The maximum absolute atomic E-state index is 12.0. The number of aryl methyl sites for hydroxylation is 2. The van der Waals surface area contributed by atoms with Crippen LogP contribution in [0.2, 0.25) is 0 Å². The minimum absolute atomic E-state index is 0.200. The highest BCUT2D eigenvalue weighted by atomic mass is 32.1. The van der Waals surface area contributed by atoms with Crippen LogP contribution in [0.4, 0.5) is 5.13 Å². The molecule has 1 aromatic heterocycles. The summed E-state index contributed by atoms with van der Waals surface area (Å²) in [5.74, 6) is 0.567. The number of carbonyl (C=O) groups is 1. The first kappa shape index (κ1) is 17.9. The molecule has 3 rings (SSSR count). The summed E-state index contributed by atoms with van der Waals surface area (Å²) >= 11 is 1.47. The molecule has 132 valence electrons. The molecule has 0 bridgehead atoms. The SMILES string of the molecule is Cc1nc(NC(=O)/C=C/c2cccc(OCc3ccccc3)c2)sc1C. The molecule has 3 aromatic rings. The molecule has 5 heteroatoms. The summed E-state index contributed by atoms with van der Waals surface area (Å²) in [5, 5.41) is 3.41. The summed E-state index contributed by atoms with van der Waals surface area (Å²) in [7, 11) is 0. The van der Waals surface area contributed by atoms with Crippen LogP contribution in [0.15, 0.2) is 60.7 Å². The molecular formula is C21H20N2O2S. The molecule has 0 aliphatic rings. The zero-order valence-electron chi connectivity index (χ0n) is 14.7. The molecule has 0 aliphatic heterocycles. The maximum Gasteiger partial charge on any atom is 0.250 e. The number of hydrogen-bond donors (Lipinski definition) is 1. The van der Waals surface area contributed by atoms with Crippen molar-refractivity contribution in [3.05, 3.63) is 82.4 Å². The van der Waals surface area contributed by atoms with Gasteiger partial charge in [-0.1, -0.05) is 42.5 Å². The Bertz CT molecular complexity index is 897. The van der Waals surface area contributed by atoms with E-state index in [2.05, 4.69) is 10.3 Å². The van der Waals surface area contributed by atoms with E-state index < -0.39 is 0 Å². The highest BCUT2D eigenvalue weighted by Gasteiger charge is 2.05. The second kappa shape index (κ2) is 8.45. The largest absolute Gasteiger partial charge is 0.489 e. The van der Waals surface area contributed by atoms with Gasteiger partial charge in [-0.2, -0.15) is 0 Å². The lowest BCUT2D eigenvalue weighted by molar-refractivity contribution is -0.111. The van der Waals surface area contributed by atoms with Gasteiger partial charge in [0.1, 0.15) is 12.4 Å². The molecule has 2 aromatic carbocycles. The minimum atomic E-state index is -0.200. The summed E-state index contributed by atoms with van der Waals surface area (Å²) in [6, 6.07) is 17.7. The van der Waals surface area contributed by atoms with E-state index in [0.717, 1.165) is 27.4 Å². The van der Waals surface area contributed by atoms with Crippen molar-refractivity contribution in [2.75, 3.05) is 5.32 Å². The molecule has 0 spiro atoms. The molecule has 4 nitrogen and oxygen atoms in total. The minimum Gasteiger partial charge on any atom is -0.489 e. The van der Waals surface area contributed by atoms with Crippen LogP contribution in [0.3, 0.4) is 0 Å². The normalized spacial score (nSPS) is 10.8. The lowest BCUT2D eigenvalue weighted by Gasteiger charge is -2.06. The Morgan fingerprint density at radius 1 is 1.15 bits per heavy atom. The number of nitrogens with zero attached hydrogens (tertiary/aromatic N) is 1. The van der Waals surface area contributed by atoms with Crippen LogP contribution < -0.4 is 10.1 Å². The van der Waals surface area contributed by atoms with Crippen LogP contribution in [0.25, 0.3) is 6.08 Å². The molecule has 0 aliphatic carbocycles. The van der Waals surface area contributed by atoms with E-state index in [1.807, 2.05) is 68.4 Å². The average molecular weight is 364 g/mol. The third-order valence-corrected chi connectivity index (χ3v) is 4.78. The fourth-order valence-electron chi connectivity index (χ4n) is 2.29. The zero-order valence-corrected chi connectivity index (χ0v) is 15.5. The second-order valence-corrected chi connectivity index (χ2v) is 7.03. The molecular weight excluding hydrogens is 344 g/mol. The Morgan fingerprint density at radius 3 is 2.69 bits per heavy atom. The van der Waals surface area contributed by atoms with Gasteiger partial charge in [0.2, 0.25) is 5.91 Å². The van der Waals surface area contributed by atoms with Gasteiger partial charge in [0, 0.05) is 11.0 Å². The predicted octanol–water partition coefficient (Wildman–Crippen LogP) is 4.99. The third-order valence-electron chi connectivity index (χ3n) is 3.79. The van der Waals surface area contributed by atoms with Crippen LogP contribution >= 0.6 is 11.3 Å². The number of anilines is 1. The second-order valence-electron chi connectivity index (χ2n) is 5.83. The number of benzene rings is 2. The molecule has 1 N–H and O–H groups in total. The highest BCUT2D eigenvalue weighted by molar-refractivity contribution is 7.15. The molecule has 26 heavy (non-hydrogen) atoms. The first-order chi connectivity index (χ1) is 12.6. The molecule has 0 fully saturated rings. The fourth-order valence-corrected chi connectivity index (χ4v) is 3.11. The third kappa shape index (κ3) is 5.04. The van der Waals surface area contributed by atoms with E-state index in [9.17, 15) is 4.79 Å². The number of ether oxygens (including phenoxy) is 1. The zero-order chi connectivity index (χ0) is 18.4. The summed E-state index contributed by atoms with van der Waals surface area (Å²) < 4.78 is 5.81. The van der Waals surface area contributed by atoms with Crippen LogP contribution in [-0.2, 0) is 11.4 Å². The van der Waals surface area contributed by atoms with Gasteiger partial charge >= 0.3 is 0 Å². The van der Waals surface area contributed by atoms with Crippen LogP contribution in [0.1, 0.15) is 21.7 Å². The molecule has 0 unspecified atom stereocenters. The van der Waals surface area contributed by atoms with Crippen molar-refractivity contribution in [2.45, 2.75) is 20.5 Å². The monoisotopic (exact) mass is 364 g/mol. The van der Waals surface area contributed by atoms with Crippen molar-refractivity contribution in [3.63, 3.8) is 0 Å². The van der Waals surface area contributed by atoms with Gasteiger partial charge < -0.3 is 4.74 Å². The molecule has 1 heterocycles. The van der Waals surface area contributed by atoms with Crippen LogP contribution in [-0.4, -0.2) is 10.9 Å². The quantitative estimate of drug-likeness (QED) is 0.627. The van der Waals surface area contributed by atoms with Crippen molar-refractivity contribution in [2.24, 2.45) is 0 Å². The van der Waals surface area contributed by atoms with Gasteiger partial charge in [-0.25, -0.2) is 4.98 Å².